The third-order valence-corrected chi connectivity index (χ3v) is 7.68. The number of hydrogen-bond acceptors (Lipinski definition) is 10. The smallest absolute Gasteiger partial charge is 0.353 e. The SMILES string of the molecule is CCOc1cc(/C=C2/C(=N)N3N=C(S(C)(=O)=O)SC3=NC2=O)ccc1OC(=O)c1cccs1. The van der Waals surface area contributed by atoms with Crippen molar-refractivity contribution in [2.24, 2.45) is 10.1 Å². The Balaban J connectivity index is 1.64. The zero-order valence-corrected chi connectivity index (χ0v) is 19.7. The number of amidine groups is 2. The zero-order valence-electron chi connectivity index (χ0n) is 17.3. The van der Waals surface area contributed by atoms with Crippen molar-refractivity contribution in [1.82, 2.24) is 5.01 Å². The summed E-state index contributed by atoms with van der Waals surface area (Å²) in [6, 6.07) is 8.08. The molecule has 2 aliphatic rings. The van der Waals surface area contributed by atoms with Gasteiger partial charge in [0.05, 0.1) is 12.2 Å². The van der Waals surface area contributed by atoms with Crippen molar-refractivity contribution < 1.29 is 27.5 Å². The molecule has 0 atom stereocenters. The van der Waals surface area contributed by atoms with E-state index < -0.39 is 21.7 Å². The van der Waals surface area contributed by atoms with Gasteiger partial charge in [-0.3, -0.25) is 10.2 Å². The fourth-order valence-electron chi connectivity index (χ4n) is 2.80. The molecule has 1 N–H and O–H groups in total. The summed E-state index contributed by atoms with van der Waals surface area (Å²) in [5.41, 5.74) is 0.406. The number of fused-ring (bicyclic) bond motifs is 1. The van der Waals surface area contributed by atoms with E-state index in [4.69, 9.17) is 14.9 Å². The maximum Gasteiger partial charge on any atom is 0.353 e. The molecule has 1 aromatic heterocycles. The second-order valence-corrected chi connectivity index (χ2v) is 10.8. The lowest BCUT2D eigenvalue weighted by molar-refractivity contribution is -0.114. The fourth-order valence-corrected chi connectivity index (χ4v) is 5.09. The monoisotopic (exact) mass is 504 g/mol. The van der Waals surface area contributed by atoms with Gasteiger partial charge in [-0.25, -0.2) is 13.2 Å². The molecule has 3 heterocycles. The molecular formula is C20H16N4O6S3. The minimum absolute atomic E-state index is 0.00779. The average Bonchev–Trinajstić information content (AvgIpc) is 3.43. The molecule has 0 saturated carbocycles. The van der Waals surface area contributed by atoms with E-state index in [9.17, 15) is 18.0 Å². The molecule has 0 saturated heterocycles. The highest BCUT2D eigenvalue weighted by Crippen LogP contribution is 2.33. The first-order valence-electron chi connectivity index (χ1n) is 9.40. The van der Waals surface area contributed by atoms with Gasteiger partial charge in [-0.2, -0.15) is 10.0 Å². The summed E-state index contributed by atoms with van der Waals surface area (Å²) in [6.45, 7) is 2.08. The molecular weight excluding hydrogens is 488 g/mol. The molecule has 0 radical (unpaired) electrons. The third-order valence-electron chi connectivity index (χ3n) is 4.26. The van der Waals surface area contributed by atoms with E-state index in [2.05, 4.69) is 10.1 Å². The fraction of sp³-hybridized carbons (Fsp3) is 0.150. The molecule has 0 spiro atoms. The van der Waals surface area contributed by atoms with Gasteiger partial charge in [-0.15, -0.1) is 16.4 Å². The number of aliphatic imine (C=N–C) groups is 1. The Morgan fingerprint density at radius 1 is 1.27 bits per heavy atom. The standard InChI is InChI=1S/C20H16N4O6S3/c1-3-29-14-10-11(6-7-13(14)30-18(26)15-5-4-8-31-15)9-12-16(21)24-19(22-17(12)25)32-20(23-24)33(2,27)28/h4-10,21H,3H2,1-2H3/b12-9-,21-16?. The summed E-state index contributed by atoms with van der Waals surface area (Å²) in [5.74, 6) is -1.03. The number of rotatable bonds is 5. The Labute approximate surface area is 197 Å². The molecule has 4 rings (SSSR count). The average molecular weight is 505 g/mol. The number of thioether (sulfide) groups is 1. The molecule has 0 aliphatic carbocycles. The van der Waals surface area contributed by atoms with Crippen LogP contribution in [0.15, 0.2) is 51.4 Å². The van der Waals surface area contributed by atoms with Gasteiger partial charge < -0.3 is 9.47 Å². The largest absolute Gasteiger partial charge is 0.490 e. The van der Waals surface area contributed by atoms with E-state index in [0.717, 1.165) is 11.3 Å². The van der Waals surface area contributed by atoms with Crippen molar-refractivity contribution in [2.45, 2.75) is 6.92 Å². The molecule has 33 heavy (non-hydrogen) atoms. The van der Waals surface area contributed by atoms with Crippen LogP contribution >= 0.6 is 23.1 Å². The summed E-state index contributed by atoms with van der Waals surface area (Å²) < 4.78 is 34.3. The molecule has 10 nitrogen and oxygen atoms in total. The number of thiophene rings is 1. The van der Waals surface area contributed by atoms with Crippen molar-refractivity contribution in [3.8, 4) is 11.5 Å². The van der Waals surface area contributed by atoms with E-state index in [1.54, 1.807) is 36.6 Å². The van der Waals surface area contributed by atoms with Gasteiger partial charge in [0, 0.05) is 6.26 Å². The first-order valence-corrected chi connectivity index (χ1v) is 13.0. The molecule has 2 aromatic rings. The Kier molecular flexibility index (Phi) is 6.19. The molecule has 13 heteroatoms. The maximum atomic E-state index is 12.5. The van der Waals surface area contributed by atoms with Gasteiger partial charge in [0.15, 0.2) is 17.3 Å². The number of hydrazone groups is 1. The predicted molar refractivity (Wildman–Crippen MR) is 127 cm³/mol. The van der Waals surface area contributed by atoms with Crippen LogP contribution in [0.1, 0.15) is 22.2 Å². The third kappa shape index (κ3) is 4.74. The highest BCUT2D eigenvalue weighted by atomic mass is 32.3. The maximum absolute atomic E-state index is 12.5. The van der Waals surface area contributed by atoms with Gasteiger partial charge in [0.25, 0.3) is 5.91 Å². The number of sulfone groups is 1. The molecule has 170 valence electrons. The van der Waals surface area contributed by atoms with E-state index in [1.807, 2.05) is 0 Å². The van der Waals surface area contributed by atoms with Crippen LogP contribution in [-0.4, -0.2) is 53.5 Å². The normalized spacial score (nSPS) is 17.0. The van der Waals surface area contributed by atoms with Crippen LogP contribution in [0.3, 0.4) is 0 Å². The lowest BCUT2D eigenvalue weighted by atomic mass is 10.1. The zero-order chi connectivity index (χ0) is 23.8. The summed E-state index contributed by atoms with van der Waals surface area (Å²) in [4.78, 5) is 29.1. The highest BCUT2D eigenvalue weighted by molar-refractivity contribution is 8.42. The lowest BCUT2D eigenvalue weighted by Crippen LogP contribution is -2.35. The number of amides is 1. The van der Waals surface area contributed by atoms with Crippen LogP contribution in [0.2, 0.25) is 0 Å². The van der Waals surface area contributed by atoms with Crippen LogP contribution in [0.4, 0.5) is 0 Å². The number of carbonyl (C=O) groups is 2. The van der Waals surface area contributed by atoms with Gasteiger partial charge in [-0.1, -0.05) is 12.1 Å². The van der Waals surface area contributed by atoms with Gasteiger partial charge >= 0.3 is 5.97 Å². The number of nitrogens with one attached hydrogen (secondary N) is 1. The summed E-state index contributed by atoms with van der Waals surface area (Å²) >= 11 is 1.97. The van der Waals surface area contributed by atoms with Crippen LogP contribution < -0.4 is 9.47 Å². The number of ether oxygens (including phenoxy) is 2. The Morgan fingerprint density at radius 2 is 2.06 bits per heavy atom. The van der Waals surface area contributed by atoms with Gasteiger partial charge in [-0.05, 0) is 53.9 Å². The van der Waals surface area contributed by atoms with Gasteiger partial charge in [0.2, 0.25) is 19.4 Å². The van der Waals surface area contributed by atoms with E-state index >= 15 is 0 Å². The van der Waals surface area contributed by atoms with Crippen LogP contribution in [-0.2, 0) is 14.6 Å². The minimum Gasteiger partial charge on any atom is -0.490 e. The van der Waals surface area contributed by atoms with Crippen molar-refractivity contribution in [2.75, 3.05) is 12.9 Å². The van der Waals surface area contributed by atoms with Crippen LogP contribution in [0, 0.1) is 5.41 Å². The van der Waals surface area contributed by atoms with Crippen LogP contribution in [0.25, 0.3) is 6.08 Å². The number of hydrogen-bond donors (Lipinski definition) is 1. The number of benzene rings is 1. The Bertz CT molecular complexity index is 1360. The number of carbonyl (C=O) groups excluding carboxylic acids is 2. The lowest BCUT2D eigenvalue weighted by Gasteiger charge is -2.20. The Morgan fingerprint density at radius 3 is 2.73 bits per heavy atom. The second-order valence-electron chi connectivity index (χ2n) is 6.66. The Hall–Kier alpha value is -3.29. The number of esters is 1. The highest BCUT2D eigenvalue weighted by Gasteiger charge is 2.38. The topological polar surface area (TPSA) is 139 Å². The molecule has 2 aliphatic heterocycles. The first kappa shape index (κ1) is 22.9. The van der Waals surface area contributed by atoms with E-state index in [1.165, 1.54) is 23.5 Å². The van der Waals surface area contributed by atoms with Crippen molar-refractivity contribution in [3.05, 3.63) is 51.7 Å². The number of nitrogens with zero attached hydrogens (tertiary/aromatic N) is 3. The van der Waals surface area contributed by atoms with Crippen LogP contribution in [0.5, 0.6) is 11.5 Å². The summed E-state index contributed by atoms with van der Waals surface area (Å²) in [7, 11) is -3.62. The van der Waals surface area contributed by atoms with Gasteiger partial charge in [0.1, 0.15) is 4.88 Å². The predicted octanol–water partition coefficient (Wildman–Crippen LogP) is 2.99. The van der Waals surface area contributed by atoms with E-state index in [-0.39, 0.29) is 32.5 Å². The van der Waals surface area contributed by atoms with Crippen molar-refractivity contribution >= 4 is 66.3 Å². The molecule has 1 aromatic carbocycles. The first-order chi connectivity index (χ1) is 15.7. The van der Waals surface area contributed by atoms with E-state index in [0.29, 0.717) is 28.8 Å². The summed E-state index contributed by atoms with van der Waals surface area (Å²) in [5, 5.41) is 15.0. The molecule has 0 bridgehead atoms. The van der Waals surface area contributed by atoms with Crippen molar-refractivity contribution in [1.29, 1.82) is 5.41 Å². The molecule has 0 fully saturated rings. The molecule has 1 amide bonds. The second kappa shape index (κ2) is 8.92. The summed E-state index contributed by atoms with van der Waals surface area (Å²) in [6.07, 6.45) is 2.40. The minimum atomic E-state index is -3.62. The van der Waals surface area contributed by atoms with Crippen molar-refractivity contribution in [3.63, 3.8) is 0 Å². The molecule has 0 unspecified atom stereocenters. The quantitative estimate of drug-likeness (QED) is 0.372.